The van der Waals surface area contributed by atoms with E-state index in [9.17, 15) is 8.42 Å². The van der Waals surface area contributed by atoms with Crippen molar-refractivity contribution in [2.45, 2.75) is 73.1 Å². The lowest BCUT2D eigenvalue weighted by molar-refractivity contribution is -0.923. The summed E-state index contributed by atoms with van der Waals surface area (Å²) < 4.78 is 28.2. The first-order valence-electron chi connectivity index (χ1n) is 8.61. The van der Waals surface area contributed by atoms with Crippen LogP contribution in [0.5, 0.6) is 0 Å². The minimum Gasteiger partial charge on any atom is -0.324 e. The van der Waals surface area contributed by atoms with E-state index in [4.69, 9.17) is 4.55 Å². The zero-order chi connectivity index (χ0) is 16.8. The van der Waals surface area contributed by atoms with Gasteiger partial charge in [-0.15, -0.1) is 0 Å². The second kappa shape index (κ2) is 13.5. The maximum absolute atomic E-state index is 9.56. The molecule has 4 nitrogen and oxygen atoms in total. The quantitative estimate of drug-likeness (QED) is 0.353. The van der Waals surface area contributed by atoms with Gasteiger partial charge in [0.1, 0.15) is 0 Å². The van der Waals surface area contributed by atoms with Crippen molar-refractivity contribution in [1.29, 1.82) is 0 Å². The van der Waals surface area contributed by atoms with Crippen molar-refractivity contribution in [3.05, 3.63) is 0 Å². The largest absolute Gasteiger partial charge is 0.324 e. The number of quaternary nitrogens is 1. The van der Waals surface area contributed by atoms with Gasteiger partial charge in [0, 0.05) is 0 Å². The van der Waals surface area contributed by atoms with Crippen molar-refractivity contribution < 1.29 is 17.5 Å². The van der Waals surface area contributed by atoms with Crippen LogP contribution in [-0.4, -0.2) is 49.4 Å². The normalized spacial score (nSPS) is 11.9. The Morgan fingerprint density at radius 3 is 1.48 bits per heavy atom. The first-order valence-corrected chi connectivity index (χ1v) is 10.2. The summed E-state index contributed by atoms with van der Waals surface area (Å²) in [6.07, 6.45) is 8.55. The van der Waals surface area contributed by atoms with Gasteiger partial charge in [-0.3, -0.25) is 4.55 Å². The van der Waals surface area contributed by atoms with E-state index >= 15 is 0 Å². The average Bonchev–Trinajstić information content (AvgIpc) is 2.47. The number of hydrogen-bond acceptors (Lipinski definition) is 2. The smallest absolute Gasteiger partial charge is 0.264 e. The summed E-state index contributed by atoms with van der Waals surface area (Å²) in [7, 11) is -3.66. The van der Waals surface area contributed by atoms with Crippen LogP contribution in [0.15, 0.2) is 0 Å². The highest BCUT2D eigenvalue weighted by atomic mass is 32.2. The van der Waals surface area contributed by atoms with Gasteiger partial charge in [0.05, 0.1) is 31.9 Å². The zero-order valence-electron chi connectivity index (χ0n) is 14.9. The summed E-state index contributed by atoms with van der Waals surface area (Å²) in [5.74, 6) is -0.201. The van der Waals surface area contributed by atoms with Crippen molar-refractivity contribution in [3.8, 4) is 0 Å². The maximum atomic E-state index is 9.56. The summed E-state index contributed by atoms with van der Waals surface area (Å²) in [5, 5.41) is 0. The van der Waals surface area contributed by atoms with Crippen LogP contribution < -0.4 is 0 Å². The van der Waals surface area contributed by atoms with Gasteiger partial charge in [0.25, 0.3) is 10.1 Å². The average molecular weight is 325 g/mol. The topological polar surface area (TPSA) is 54.4 Å². The monoisotopic (exact) mass is 324 g/mol. The van der Waals surface area contributed by atoms with E-state index in [1.807, 2.05) is 0 Å². The van der Waals surface area contributed by atoms with Crippen LogP contribution in [0.3, 0.4) is 0 Å². The number of rotatable bonds is 11. The Labute approximate surface area is 133 Å². The molecule has 0 fully saturated rings. The molecule has 21 heavy (non-hydrogen) atoms. The van der Waals surface area contributed by atoms with Crippen molar-refractivity contribution in [2.24, 2.45) is 0 Å². The Morgan fingerprint density at radius 2 is 1.14 bits per heavy atom. The standard InChI is InChI=1S/C14H32N.C2H6O3S/c1-5-9-10-11-12-13-14-15(6-2,7-3)8-4;1-2-6(3,4)5/h5-14H2,1-4H3;2H2,1H3,(H,3,4,5)/q+1;. The molecular formula is C16H38NO3S+. The molecule has 0 atom stereocenters. The number of hydrogen-bond donors (Lipinski definition) is 1. The van der Waals surface area contributed by atoms with E-state index in [2.05, 4.69) is 27.7 Å². The van der Waals surface area contributed by atoms with Crippen LogP contribution in [0.4, 0.5) is 0 Å². The molecule has 0 saturated carbocycles. The molecule has 0 heterocycles. The number of nitrogens with zero attached hydrogens (tertiary/aromatic N) is 1. The maximum Gasteiger partial charge on any atom is 0.264 e. The summed E-state index contributed by atoms with van der Waals surface area (Å²) in [5.41, 5.74) is 0. The Kier molecular flexibility index (Phi) is 14.9. The molecule has 0 radical (unpaired) electrons. The van der Waals surface area contributed by atoms with Crippen LogP contribution in [0.1, 0.15) is 73.1 Å². The van der Waals surface area contributed by atoms with Crippen LogP contribution in [0.2, 0.25) is 0 Å². The Bertz CT molecular complexity index is 303. The Morgan fingerprint density at radius 1 is 0.762 bits per heavy atom. The SMILES string of the molecule is CCCCCCCC[N+](CC)(CC)CC.CCS(=O)(=O)O. The molecule has 0 aliphatic heterocycles. The molecule has 0 aliphatic rings. The molecule has 0 aliphatic carbocycles. The van der Waals surface area contributed by atoms with E-state index in [1.54, 1.807) is 0 Å². The lowest BCUT2D eigenvalue weighted by Crippen LogP contribution is -2.48. The minimum atomic E-state index is -3.66. The fourth-order valence-corrected chi connectivity index (χ4v) is 2.37. The molecule has 130 valence electrons. The van der Waals surface area contributed by atoms with Gasteiger partial charge in [-0.2, -0.15) is 8.42 Å². The highest BCUT2D eigenvalue weighted by molar-refractivity contribution is 7.85. The van der Waals surface area contributed by atoms with Gasteiger partial charge in [0.15, 0.2) is 0 Å². The van der Waals surface area contributed by atoms with Crippen LogP contribution in [0.25, 0.3) is 0 Å². The third kappa shape index (κ3) is 14.6. The van der Waals surface area contributed by atoms with Gasteiger partial charge in [-0.05, 0) is 40.5 Å². The first-order chi connectivity index (χ1) is 9.80. The van der Waals surface area contributed by atoms with E-state index in [1.165, 1.54) is 76.1 Å². The van der Waals surface area contributed by atoms with E-state index in [-0.39, 0.29) is 5.75 Å². The fraction of sp³-hybridized carbons (Fsp3) is 1.00. The molecule has 5 heteroatoms. The zero-order valence-corrected chi connectivity index (χ0v) is 15.7. The van der Waals surface area contributed by atoms with Crippen molar-refractivity contribution in [3.63, 3.8) is 0 Å². The molecule has 0 saturated heterocycles. The second-order valence-corrected chi connectivity index (χ2v) is 7.39. The summed E-state index contributed by atoms with van der Waals surface area (Å²) in [6.45, 7) is 16.0. The highest BCUT2D eigenvalue weighted by Gasteiger charge is 2.19. The van der Waals surface area contributed by atoms with Gasteiger partial charge in [-0.25, -0.2) is 0 Å². The predicted octanol–water partition coefficient (Wildman–Crippen LogP) is 4.12. The van der Waals surface area contributed by atoms with E-state index in [0.717, 1.165) is 0 Å². The molecule has 0 spiro atoms. The molecule has 0 aromatic rings. The lowest BCUT2D eigenvalue weighted by atomic mass is 10.1. The van der Waals surface area contributed by atoms with Crippen LogP contribution >= 0.6 is 0 Å². The van der Waals surface area contributed by atoms with Gasteiger partial charge in [0.2, 0.25) is 0 Å². The molecule has 0 aromatic heterocycles. The van der Waals surface area contributed by atoms with Crippen molar-refractivity contribution >= 4 is 10.1 Å². The third-order valence-corrected chi connectivity index (χ3v) is 5.09. The van der Waals surface area contributed by atoms with Crippen LogP contribution in [0, 0.1) is 0 Å². The molecule has 0 aromatic carbocycles. The molecular weight excluding hydrogens is 286 g/mol. The van der Waals surface area contributed by atoms with Gasteiger partial charge in [-0.1, -0.05) is 32.6 Å². The summed E-state index contributed by atoms with van der Waals surface area (Å²) in [6, 6.07) is 0. The van der Waals surface area contributed by atoms with E-state index < -0.39 is 10.1 Å². The predicted molar refractivity (Wildman–Crippen MR) is 92.2 cm³/mol. The molecule has 0 amide bonds. The van der Waals surface area contributed by atoms with Crippen LogP contribution in [-0.2, 0) is 10.1 Å². The third-order valence-electron chi connectivity index (χ3n) is 4.36. The molecule has 0 rings (SSSR count). The number of unbranched alkanes of at least 4 members (excludes halogenated alkanes) is 5. The van der Waals surface area contributed by atoms with Crippen molar-refractivity contribution in [1.82, 2.24) is 0 Å². The fourth-order valence-electron chi connectivity index (χ4n) is 2.37. The summed E-state index contributed by atoms with van der Waals surface area (Å²) >= 11 is 0. The highest BCUT2D eigenvalue weighted by Crippen LogP contribution is 2.11. The van der Waals surface area contributed by atoms with Gasteiger partial charge >= 0.3 is 0 Å². The summed E-state index contributed by atoms with van der Waals surface area (Å²) in [4.78, 5) is 0. The molecule has 0 unspecified atom stereocenters. The van der Waals surface area contributed by atoms with Gasteiger partial charge < -0.3 is 4.48 Å². The molecule has 1 N–H and O–H groups in total. The minimum absolute atomic E-state index is 0.201. The Hall–Kier alpha value is -0.130. The first kappa shape index (κ1) is 23.1. The lowest BCUT2D eigenvalue weighted by Gasteiger charge is -2.35. The second-order valence-electron chi connectivity index (χ2n) is 5.65. The van der Waals surface area contributed by atoms with Crippen molar-refractivity contribution in [2.75, 3.05) is 31.9 Å². The Balaban J connectivity index is 0. The van der Waals surface area contributed by atoms with E-state index in [0.29, 0.717) is 0 Å². The molecule has 0 bridgehead atoms.